The highest BCUT2D eigenvalue weighted by atomic mass is 19.1. The fourth-order valence-corrected chi connectivity index (χ4v) is 1.46. The van der Waals surface area contributed by atoms with Crippen LogP contribution in [-0.4, -0.2) is 19.6 Å². The molecule has 0 aliphatic rings. The van der Waals surface area contributed by atoms with Crippen LogP contribution in [0.5, 0.6) is 5.75 Å². The van der Waals surface area contributed by atoms with Gasteiger partial charge in [-0.15, -0.1) is 0 Å². The second-order valence-electron chi connectivity index (χ2n) is 3.88. The van der Waals surface area contributed by atoms with E-state index in [9.17, 15) is 9.18 Å². The Balaban J connectivity index is 2.51. The number of hydrogen-bond donors (Lipinski definition) is 1. The summed E-state index contributed by atoms with van der Waals surface area (Å²) in [4.78, 5) is 11.4. The summed E-state index contributed by atoms with van der Waals surface area (Å²) in [5.74, 6) is -0.452. The number of carbonyl (C=O) groups is 1. The van der Waals surface area contributed by atoms with Gasteiger partial charge in [-0.1, -0.05) is 18.2 Å². The number of hydrogen-bond acceptors (Lipinski definition) is 2. The topological polar surface area (TPSA) is 38.3 Å². The molecule has 0 spiro atoms. The van der Waals surface area contributed by atoms with Crippen molar-refractivity contribution in [3.8, 4) is 5.75 Å². The van der Waals surface area contributed by atoms with E-state index in [1.54, 1.807) is 12.1 Å². The standard InChI is InChI=1S/C15H18FNO2/c1-3-4-5-10-17-15(18)9-7-12-6-8-14(19-2)13(16)11-12/h3-4,6-9,11H,5,10H2,1-2H3,(H,17,18)/b4-3+,9-7+. The molecule has 0 saturated carbocycles. The molecule has 1 rings (SSSR count). The van der Waals surface area contributed by atoms with Crippen molar-refractivity contribution >= 4 is 12.0 Å². The number of allylic oxidation sites excluding steroid dienone is 1. The number of benzene rings is 1. The van der Waals surface area contributed by atoms with Gasteiger partial charge in [-0.05, 0) is 37.1 Å². The van der Waals surface area contributed by atoms with Gasteiger partial charge in [0.15, 0.2) is 11.6 Å². The van der Waals surface area contributed by atoms with E-state index in [0.29, 0.717) is 12.1 Å². The van der Waals surface area contributed by atoms with Gasteiger partial charge in [-0.3, -0.25) is 4.79 Å². The largest absolute Gasteiger partial charge is 0.494 e. The van der Waals surface area contributed by atoms with Crippen molar-refractivity contribution < 1.29 is 13.9 Å². The molecule has 3 nitrogen and oxygen atoms in total. The van der Waals surface area contributed by atoms with Gasteiger partial charge < -0.3 is 10.1 Å². The van der Waals surface area contributed by atoms with E-state index in [2.05, 4.69) is 5.32 Å². The first-order chi connectivity index (χ1) is 9.17. The molecule has 0 unspecified atom stereocenters. The molecule has 102 valence electrons. The molecule has 0 atom stereocenters. The van der Waals surface area contributed by atoms with Crippen LogP contribution >= 0.6 is 0 Å². The molecule has 1 N–H and O–H groups in total. The van der Waals surface area contributed by atoms with E-state index in [0.717, 1.165) is 6.42 Å². The van der Waals surface area contributed by atoms with E-state index in [4.69, 9.17) is 4.74 Å². The Morgan fingerprint density at radius 2 is 2.26 bits per heavy atom. The van der Waals surface area contributed by atoms with Crippen molar-refractivity contribution in [3.05, 3.63) is 47.8 Å². The predicted molar refractivity (Wildman–Crippen MR) is 74.4 cm³/mol. The van der Waals surface area contributed by atoms with Crippen molar-refractivity contribution in [1.82, 2.24) is 5.32 Å². The molecule has 0 saturated heterocycles. The summed E-state index contributed by atoms with van der Waals surface area (Å²) < 4.78 is 18.2. The molecule has 0 aliphatic heterocycles. The van der Waals surface area contributed by atoms with E-state index in [1.807, 2.05) is 19.1 Å². The third-order valence-corrected chi connectivity index (χ3v) is 2.45. The second-order valence-corrected chi connectivity index (χ2v) is 3.88. The zero-order valence-electron chi connectivity index (χ0n) is 11.2. The smallest absolute Gasteiger partial charge is 0.244 e. The highest BCUT2D eigenvalue weighted by molar-refractivity contribution is 5.91. The summed E-state index contributed by atoms with van der Waals surface area (Å²) in [6.45, 7) is 2.52. The summed E-state index contributed by atoms with van der Waals surface area (Å²) in [7, 11) is 1.41. The fraction of sp³-hybridized carbons (Fsp3) is 0.267. The molecule has 0 radical (unpaired) electrons. The number of halogens is 1. The van der Waals surface area contributed by atoms with Crippen molar-refractivity contribution in [2.24, 2.45) is 0 Å². The number of amides is 1. The minimum absolute atomic E-state index is 0.188. The Labute approximate surface area is 112 Å². The Morgan fingerprint density at radius 3 is 2.89 bits per heavy atom. The number of rotatable bonds is 6. The SMILES string of the molecule is C/C=C/CCNC(=O)/C=C/c1ccc(OC)c(F)c1. The Bertz CT molecular complexity index is 481. The molecule has 0 aromatic heterocycles. The summed E-state index contributed by atoms with van der Waals surface area (Å²) in [5, 5.41) is 2.73. The molecule has 1 aromatic carbocycles. The van der Waals surface area contributed by atoms with Gasteiger partial charge in [0.25, 0.3) is 0 Å². The third-order valence-electron chi connectivity index (χ3n) is 2.45. The van der Waals surface area contributed by atoms with Crippen LogP contribution in [0.2, 0.25) is 0 Å². The van der Waals surface area contributed by atoms with Crippen LogP contribution in [0.1, 0.15) is 18.9 Å². The van der Waals surface area contributed by atoms with Crippen LogP contribution in [0.25, 0.3) is 6.08 Å². The Morgan fingerprint density at radius 1 is 1.47 bits per heavy atom. The van der Waals surface area contributed by atoms with Crippen LogP contribution in [0, 0.1) is 5.82 Å². The summed E-state index contributed by atoms with van der Waals surface area (Å²) in [6, 6.07) is 4.53. The molecule has 0 aliphatic carbocycles. The predicted octanol–water partition coefficient (Wildman–Crippen LogP) is 2.93. The minimum Gasteiger partial charge on any atom is -0.494 e. The average molecular weight is 263 g/mol. The molecule has 19 heavy (non-hydrogen) atoms. The lowest BCUT2D eigenvalue weighted by Crippen LogP contribution is -2.21. The van der Waals surface area contributed by atoms with Gasteiger partial charge in [-0.2, -0.15) is 0 Å². The molecular weight excluding hydrogens is 245 g/mol. The monoisotopic (exact) mass is 263 g/mol. The quantitative estimate of drug-likeness (QED) is 0.487. The van der Waals surface area contributed by atoms with Gasteiger partial charge in [-0.25, -0.2) is 4.39 Å². The minimum atomic E-state index is -0.446. The number of carbonyl (C=O) groups excluding carboxylic acids is 1. The highest BCUT2D eigenvalue weighted by Crippen LogP contribution is 2.18. The zero-order chi connectivity index (χ0) is 14.1. The van der Waals surface area contributed by atoms with Gasteiger partial charge in [0.2, 0.25) is 5.91 Å². The normalized spacial score (nSPS) is 11.1. The molecule has 0 bridgehead atoms. The van der Waals surface area contributed by atoms with E-state index in [-0.39, 0.29) is 11.7 Å². The molecule has 1 amide bonds. The van der Waals surface area contributed by atoms with Crippen LogP contribution < -0.4 is 10.1 Å². The molecule has 0 fully saturated rings. The maximum absolute atomic E-state index is 13.4. The van der Waals surface area contributed by atoms with Crippen molar-refractivity contribution in [2.75, 3.05) is 13.7 Å². The first-order valence-corrected chi connectivity index (χ1v) is 6.08. The molecule has 0 heterocycles. The Hall–Kier alpha value is -2.10. The lowest BCUT2D eigenvalue weighted by atomic mass is 10.2. The van der Waals surface area contributed by atoms with E-state index >= 15 is 0 Å². The Kier molecular flexibility index (Phi) is 6.36. The van der Waals surface area contributed by atoms with Crippen molar-refractivity contribution in [3.63, 3.8) is 0 Å². The molecular formula is C15H18FNO2. The van der Waals surface area contributed by atoms with Gasteiger partial charge in [0, 0.05) is 12.6 Å². The van der Waals surface area contributed by atoms with Gasteiger partial charge in [0.1, 0.15) is 0 Å². The second kappa shape index (κ2) is 8.08. The fourth-order valence-electron chi connectivity index (χ4n) is 1.46. The van der Waals surface area contributed by atoms with E-state index in [1.165, 1.54) is 25.3 Å². The third kappa shape index (κ3) is 5.38. The van der Waals surface area contributed by atoms with Crippen LogP contribution in [-0.2, 0) is 4.79 Å². The summed E-state index contributed by atoms with van der Waals surface area (Å²) in [5.41, 5.74) is 0.613. The van der Waals surface area contributed by atoms with Crippen LogP contribution in [0.4, 0.5) is 4.39 Å². The molecule has 1 aromatic rings. The first-order valence-electron chi connectivity index (χ1n) is 6.08. The maximum atomic E-state index is 13.4. The van der Waals surface area contributed by atoms with Gasteiger partial charge >= 0.3 is 0 Å². The number of ether oxygens (including phenoxy) is 1. The summed E-state index contributed by atoms with van der Waals surface area (Å²) in [6.07, 6.45) is 7.66. The van der Waals surface area contributed by atoms with Crippen LogP contribution in [0.3, 0.4) is 0 Å². The van der Waals surface area contributed by atoms with Crippen molar-refractivity contribution in [2.45, 2.75) is 13.3 Å². The van der Waals surface area contributed by atoms with Crippen molar-refractivity contribution in [1.29, 1.82) is 0 Å². The summed E-state index contributed by atoms with van der Waals surface area (Å²) >= 11 is 0. The lowest BCUT2D eigenvalue weighted by molar-refractivity contribution is -0.116. The lowest BCUT2D eigenvalue weighted by Gasteiger charge is -2.02. The number of nitrogens with one attached hydrogen (secondary N) is 1. The first kappa shape index (κ1) is 15.0. The average Bonchev–Trinajstić information content (AvgIpc) is 2.41. The molecule has 4 heteroatoms. The number of methoxy groups -OCH3 is 1. The maximum Gasteiger partial charge on any atom is 0.244 e. The zero-order valence-corrected chi connectivity index (χ0v) is 11.2. The highest BCUT2D eigenvalue weighted by Gasteiger charge is 2.01. The van der Waals surface area contributed by atoms with E-state index < -0.39 is 5.82 Å². The van der Waals surface area contributed by atoms with Crippen LogP contribution in [0.15, 0.2) is 36.4 Å². The van der Waals surface area contributed by atoms with Gasteiger partial charge in [0.05, 0.1) is 7.11 Å².